The van der Waals surface area contributed by atoms with Crippen LogP contribution in [0.4, 0.5) is 5.69 Å². The Morgan fingerprint density at radius 3 is 2.86 bits per heavy atom. The Bertz CT molecular complexity index is 504. The molecule has 2 fully saturated rings. The zero-order valence-corrected chi connectivity index (χ0v) is 13.6. The van der Waals surface area contributed by atoms with Gasteiger partial charge in [0.05, 0.1) is 39.1 Å². The number of morpholine rings is 1. The number of hydrogen-bond donors (Lipinski definition) is 1. The molecule has 3 rings (SSSR count). The van der Waals surface area contributed by atoms with Gasteiger partial charge in [0.1, 0.15) is 5.60 Å². The molecule has 116 valence electrons. The number of benzene rings is 1. The first-order valence-corrected chi connectivity index (χ1v) is 7.86. The number of halogens is 1. The molecule has 0 saturated carbocycles. The second-order valence-electron chi connectivity index (χ2n) is 5.60. The van der Waals surface area contributed by atoms with Crippen LogP contribution in [0.25, 0.3) is 0 Å². The van der Waals surface area contributed by atoms with Crippen LogP contribution >= 0.6 is 15.9 Å². The lowest BCUT2D eigenvalue weighted by Gasteiger charge is -2.40. The van der Waals surface area contributed by atoms with Gasteiger partial charge in [0.25, 0.3) is 0 Å². The molecule has 1 N–H and O–H groups in total. The Balaban J connectivity index is 1.89. The van der Waals surface area contributed by atoms with E-state index in [1.54, 1.807) is 7.11 Å². The van der Waals surface area contributed by atoms with Crippen LogP contribution in [0.1, 0.15) is 5.56 Å². The molecule has 1 unspecified atom stereocenters. The lowest BCUT2D eigenvalue weighted by molar-refractivity contribution is -0.184. The average molecular weight is 358 g/mol. The summed E-state index contributed by atoms with van der Waals surface area (Å²) in [6.07, 6.45) is 0. The summed E-state index contributed by atoms with van der Waals surface area (Å²) in [6.45, 7) is 3.51. The lowest BCUT2D eigenvalue weighted by Crippen LogP contribution is -2.49. The largest absolute Gasteiger partial charge is 0.382 e. The molecule has 21 heavy (non-hydrogen) atoms. The van der Waals surface area contributed by atoms with E-state index in [-0.39, 0.29) is 6.04 Å². The molecule has 6 heteroatoms. The van der Waals surface area contributed by atoms with Crippen molar-refractivity contribution >= 4 is 21.6 Å². The van der Waals surface area contributed by atoms with Crippen molar-refractivity contribution in [2.24, 2.45) is 0 Å². The highest BCUT2D eigenvalue weighted by Crippen LogP contribution is 2.35. The molecule has 0 radical (unpaired) electrons. The maximum absolute atomic E-state index is 10.5. The van der Waals surface area contributed by atoms with Crippen molar-refractivity contribution in [3.63, 3.8) is 0 Å². The van der Waals surface area contributed by atoms with Gasteiger partial charge in [-0.3, -0.25) is 0 Å². The molecule has 1 aromatic carbocycles. The Morgan fingerprint density at radius 1 is 1.38 bits per heavy atom. The summed E-state index contributed by atoms with van der Waals surface area (Å²) in [5.41, 5.74) is 1.10. The molecule has 2 aliphatic rings. The number of aliphatic hydroxyl groups is 1. The van der Waals surface area contributed by atoms with Crippen LogP contribution in [0.2, 0.25) is 0 Å². The lowest BCUT2D eigenvalue weighted by atomic mass is 9.91. The second-order valence-corrected chi connectivity index (χ2v) is 6.52. The van der Waals surface area contributed by atoms with E-state index >= 15 is 0 Å². The highest BCUT2D eigenvalue weighted by molar-refractivity contribution is 9.10. The van der Waals surface area contributed by atoms with Crippen LogP contribution in [0.3, 0.4) is 0 Å². The zero-order chi connectivity index (χ0) is 14.9. The van der Waals surface area contributed by atoms with Crippen LogP contribution in [0.5, 0.6) is 0 Å². The van der Waals surface area contributed by atoms with Crippen molar-refractivity contribution in [3.05, 3.63) is 28.2 Å². The SMILES string of the molecule is COCC1COCCN1c1cc(Br)cc(C2(O)COC2)c1. The van der Waals surface area contributed by atoms with Crippen LogP contribution in [-0.4, -0.2) is 57.8 Å². The molecule has 2 saturated heterocycles. The van der Waals surface area contributed by atoms with E-state index < -0.39 is 5.60 Å². The molecule has 1 aromatic rings. The first kappa shape index (κ1) is 15.2. The number of hydrogen-bond acceptors (Lipinski definition) is 5. The van der Waals surface area contributed by atoms with Gasteiger partial charge in [0.15, 0.2) is 0 Å². The maximum Gasteiger partial charge on any atom is 0.136 e. The molecule has 5 nitrogen and oxygen atoms in total. The number of ether oxygens (including phenoxy) is 3. The third-order valence-electron chi connectivity index (χ3n) is 4.02. The maximum atomic E-state index is 10.5. The van der Waals surface area contributed by atoms with E-state index in [2.05, 4.69) is 26.9 Å². The van der Waals surface area contributed by atoms with E-state index in [9.17, 15) is 5.11 Å². The fourth-order valence-electron chi connectivity index (χ4n) is 2.80. The Kier molecular flexibility index (Phi) is 4.51. The van der Waals surface area contributed by atoms with E-state index in [4.69, 9.17) is 14.2 Å². The number of rotatable bonds is 4. The fourth-order valence-corrected chi connectivity index (χ4v) is 3.28. The molecular weight excluding hydrogens is 338 g/mol. The topological polar surface area (TPSA) is 51.2 Å². The van der Waals surface area contributed by atoms with Gasteiger partial charge in [0.2, 0.25) is 0 Å². The van der Waals surface area contributed by atoms with Gasteiger partial charge < -0.3 is 24.2 Å². The molecule has 0 aromatic heterocycles. The quantitative estimate of drug-likeness (QED) is 0.885. The highest BCUT2D eigenvalue weighted by atomic mass is 79.9. The number of anilines is 1. The van der Waals surface area contributed by atoms with Gasteiger partial charge >= 0.3 is 0 Å². The predicted octanol–water partition coefficient (Wildman–Crippen LogP) is 1.52. The Hall–Kier alpha value is -0.660. The first-order valence-electron chi connectivity index (χ1n) is 7.07. The third-order valence-corrected chi connectivity index (χ3v) is 4.48. The van der Waals surface area contributed by atoms with Crippen molar-refractivity contribution in [3.8, 4) is 0 Å². The molecule has 0 aliphatic carbocycles. The van der Waals surface area contributed by atoms with Gasteiger partial charge in [-0.1, -0.05) is 15.9 Å². The molecule has 1 atom stereocenters. The normalized spacial score (nSPS) is 24.7. The highest BCUT2D eigenvalue weighted by Gasteiger charge is 2.38. The van der Waals surface area contributed by atoms with Crippen molar-refractivity contribution in [2.75, 3.05) is 51.6 Å². The van der Waals surface area contributed by atoms with Gasteiger partial charge in [-0.25, -0.2) is 0 Å². The van der Waals surface area contributed by atoms with Gasteiger partial charge in [0, 0.05) is 23.8 Å². The fraction of sp³-hybridized carbons (Fsp3) is 0.600. The molecular formula is C15H20BrNO4. The summed E-state index contributed by atoms with van der Waals surface area (Å²) in [4.78, 5) is 2.28. The number of nitrogens with zero attached hydrogens (tertiary/aromatic N) is 1. The summed E-state index contributed by atoms with van der Waals surface area (Å²) < 4.78 is 16.9. The monoisotopic (exact) mass is 357 g/mol. The number of methoxy groups -OCH3 is 1. The smallest absolute Gasteiger partial charge is 0.136 e. The predicted molar refractivity (Wildman–Crippen MR) is 82.7 cm³/mol. The summed E-state index contributed by atoms with van der Waals surface area (Å²) in [5, 5.41) is 10.5. The van der Waals surface area contributed by atoms with Gasteiger partial charge in [-0.15, -0.1) is 0 Å². The molecule has 2 heterocycles. The minimum absolute atomic E-state index is 0.193. The van der Waals surface area contributed by atoms with E-state index in [1.165, 1.54) is 0 Å². The van der Waals surface area contributed by atoms with Crippen molar-refractivity contribution in [1.82, 2.24) is 0 Å². The van der Waals surface area contributed by atoms with Crippen LogP contribution in [-0.2, 0) is 19.8 Å². The molecule has 0 bridgehead atoms. The minimum Gasteiger partial charge on any atom is -0.382 e. The van der Waals surface area contributed by atoms with Gasteiger partial charge in [-0.05, 0) is 23.8 Å². The summed E-state index contributed by atoms with van der Waals surface area (Å²) in [6, 6.07) is 6.26. The van der Waals surface area contributed by atoms with E-state index in [1.807, 2.05) is 12.1 Å². The summed E-state index contributed by atoms with van der Waals surface area (Å²) in [5.74, 6) is 0. The van der Waals surface area contributed by atoms with Crippen molar-refractivity contribution in [2.45, 2.75) is 11.6 Å². The van der Waals surface area contributed by atoms with E-state index in [0.29, 0.717) is 33.0 Å². The van der Waals surface area contributed by atoms with Gasteiger partial charge in [-0.2, -0.15) is 0 Å². The third kappa shape index (κ3) is 3.10. The van der Waals surface area contributed by atoms with Crippen molar-refractivity contribution in [1.29, 1.82) is 0 Å². The van der Waals surface area contributed by atoms with Crippen LogP contribution in [0, 0.1) is 0 Å². The van der Waals surface area contributed by atoms with Crippen LogP contribution in [0.15, 0.2) is 22.7 Å². The molecule has 0 spiro atoms. The van der Waals surface area contributed by atoms with Crippen LogP contribution < -0.4 is 4.90 Å². The second kappa shape index (κ2) is 6.22. The average Bonchev–Trinajstić information content (AvgIpc) is 2.45. The zero-order valence-electron chi connectivity index (χ0n) is 12.0. The Morgan fingerprint density at radius 2 is 2.19 bits per heavy atom. The minimum atomic E-state index is -0.860. The van der Waals surface area contributed by atoms with Crippen molar-refractivity contribution < 1.29 is 19.3 Å². The standard InChI is InChI=1S/C15H20BrNO4/c1-19-7-14-8-20-3-2-17(14)13-5-11(4-12(16)6-13)15(18)9-21-10-15/h4-6,14,18H,2-3,7-10H2,1H3. The summed E-state index contributed by atoms with van der Waals surface area (Å²) in [7, 11) is 1.70. The molecule has 0 amide bonds. The van der Waals surface area contributed by atoms with E-state index in [0.717, 1.165) is 22.3 Å². The Labute approximate surface area is 132 Å². The first-order chi connectivity index (χ1) is 10.1. The summed E-state index contributed by atoms with van der Waals surface area (Å²) >= 11 is 3.54. The molecule has 2 aliphatic heterocycles.